The van der Waals surface area contributed by atoms with Crippen LogP contribution in [0.5, 0.6) is 0 Å². The fourth-order valence-corrected chi connectivity index (χ4v) is 5.64. The molecule has 2 aliphatic rings. The fraction of sp³-hybridized carbons (Fsp3) is 0.423. The number of likely N-dealkylation sites (tertiary alicyclic amines) is 1. The molecule has 0 radical (unpaired) electrons. The molecule has 6 rings (SSSR count). The van der Waals surface area contributed by atoms with E-state index in [1.54, 1.807) is 6.20 Å². The molecule has 2 fully saturated rings. The van der Waals surface area contributed by atoms with Crippen molar-refractivity contribution in [2.24, 2.45) is 0 Å². The summed E-state index contributed by atoms with van der Waals surface area (Å²) in [5, 5.41) is 7.71. The molecule has 0 unspecified atom stereocenters. The molecule has 0 aromatic carbocycles. The third kappa shape index (κ3) is 3.84. The van der Waals surface area contributed by atoms with Gasteiger partial charge in [-0.05, 0) is 63.3 Å². The maximum absolute atomic E-state index is 12.3. The number of anilines is 2. The number of hydrogen-bond acceptors (Lipinski definition) is 7. The Morgan fingerprint density at radius 3 is 2.74 bits per heavy atom. The molecule has 1 aliphatic carbocycles. The monoisotopic (exact) mass is 470 g/mol. The lowest BCUT2D eigenvalue weighted by atomic mass is 9.79. The minimum Gasteiger partial charge on any atom is -0.372 e. The van der Waals surface area contributed by atoms with Crippen molar-refractivity contribution in [3.8, 4) is 11.3 Å². The molecule has 1 saturated heterocycles. The van der Waals surface area contributed by atoms with E-state index in [2.05, 4.69) is 32.4 Å². The molecule has 5 heterocycles. The molecule has 4 aromatic heterocycles. The Morgan fingerprint density at radius 1 is 1.11 bits per heavy atom. The van der Waals surface area contributed by atoms with Crippen molar-refractivity contribution in [2.45, 2.75) is 57.0 Å². The number of aromatic nitrogens is 5. The molecule has 1 amide bonds. The van der Waals surface area contributed by atoms with Crippen LogP contribution in [0.3, 0.4) is 0 Å². The number of H-pyrrole nitrogens is 1. The second-order valence-electron chi connectivity index (χ2n) is 9.87. The molecule has 3 N–H and O–H groups in total. The maximum atomic E-state index is 12.3. The lowest BCUT2D eigenvalue weighted by Gasteiger charge is -2.44. The summed E-state index contributed by atoms with van der Waals surface area (Å²) < 4.78 is 0. The fourth-order valence-electron chi connectivity index (χ4n) is 5.64. The smallest absolute Gasteiger partial charge is 0.226 e. The first-order chi connectivity index (χ1) is 17.0. The number of amides is 1. The van der Waals surface area contributed by atoms with Gasteiger partial charge in [-0.2, -0.15) is 9.97 Å². The van der Waals surface area contributed by atoms with Crippen LogP contribution in [0.4, 0.5) is 11.8 Å². The van der Waals surface area contributed by atoms with Crippen LogP contribution in [0, 0.1) is 0 Å². The van der Waals surface area contributed by atoms with Crippen molar-refractivity contribution in [1.29, 1.82) is 0 Å². The Balaban J connectivity index is 1.24. The Morgan fingerprint density at radius 2 is 1.97 bits per heavy atom. The van der Waals surface area contributed by atoms with E-state index in [1.807, 2.05) is 37.5 Å². The summed E-state index contributed by atoms with van der Waals surface area (Å²) in [5.41, 5.74) is 4.25. The summed E-state index contributed by atoms with van der Waals surface area (Å²) >= 11 is 0. The molecule has 0 spiro atoms. The van der Waals surface area contributed by atoms with Gasteiger partial charge < -0.3 is 20.5 Å². The lowest BCUT2D eigenvalue weighted by molar-refractivity contribution is -0.133. The van der Waals surface area contributed by atoms with E-state index in [1.165, 1.54) is 0 Å². The van der Waals surface area contributed by atoms with Crippen molar-refractivity contribution in [2.75, 3.05) is 24.2 Å². The highest BCUT2D eigenvalue weighted by Crippen LogP contribution is 2.37. The second-order valence-corrected chi connectivity index (χ2v) is 9.87. The van der Waals surface area contributed by atoms with Crippen molar-refractivity contribution in [3.63, 3.8) is 0 Å². The van der Waals surface area contributed by atoms with E-state index in [0.717, 1.165) is 77.8 Å². The highest BCUT2D eigenvalue weighted by Gasteiger charge is 2.40. The average molecular weight is 471 g/mol. The van der Waals surface area contributed by atoms with E-state index in [-0.39, 0.29) is 11.6 Å². The average Bonchev–Trinajstić information content (AvgIpc) is 3.51. The quantitative estimate of drug-likeness (QED) is 0.398. The van der Waals surface area contributed by atoms with Gasteiger partial charge in [0, 0.05) is 49.6 Å². The highest BCUT2D eigenvalue weighted by atomic mass is 16.2. The summed E-state index contributed by atoms with van der Waals surface area (Å²) in [5.74, 6) is 1.67. The summed E-state index contributed by atoms with van der Waals surface area (Å²) in [6.45, 7) is 3.14. The van der Waals surface area contributed by atoms with E-state index >= 15 is 0 Å². The first kappa shape index (κ1) is 21.8. The van der Waals surface area contributed by atoms with Crippen molar-refractivity contribution < 1.29 is 4.79 Å². The van der Waals surface area contributed by atoms with Crippen LogP contribution < -0.4 is 10.6 Å². The molecular weight excluding hydrogens is 440 g/mol. The van der Waals surface area contributed by atoms with Gasteiger partial charge in [0.2, 0.25) is 11.9 Å². The van der Waals surface area contributed by atoms with Crippen LogP contribution in [0.15, 0.2) is 36.7 Å². The number of aromatic amines is 1. The molecular formula is C26H30N8O. The van der Waals surface area contributed by atoms with Crippen LogP contribution in [0.25, 0.3) is 33.3 Å². The van der Waals surface area contributed by atoms with E-state index in [4.69, 9.17) is 15.0 Å². The first-order valence-corrected chi connectivity index (χ1v) is 12.4. The number of pyridine rings is 2. The standard InChI is InChI=1S/C26H30N8O/c1-26(34-14-4-6-21(34)35)11-9-16(10-12-26)30-25-32-23(27-2)22-17(15-29-24(22)33-25)18-7-8-19-20(31-18)5-3-13-28-19/h3,5,7-8,13,15-16H,4,6,9-12,14H2,1-2H3,(H3,27,29,30,32,33)/t16-,26+. The van der Waals surface area contributed by atoms with Crippen LogP contribution in [0.2, 0.25) is 0 Å². The zero-order chi connectivity index (χ0) is 24.0. The lowest BCUT2D eigenvalue weighted by Crippen LogP contribution is -2.50. The number of carbonyl (C=O) groups is 1. The molecule has 35 heavy (non-hydrogen) atoms. The molecule has 1 saturated carbocycles. The number of nitrogens with zero attached hydrogens (tertiary/aromatic N) is 5. The van der Waals surface area contributed by atoms with Crippen molar-refractivity contribution in [1.82, 2.24) is 29.8 Å². The maximum Gasteiger partial charge on any atom is 0.226 e. The first-order valence-electron chi connectivity index (χ1n) is 12.4. The summed E-state index contributed by atoms with van der Waals surface area (Å²) in [4.78, 5) is 36.5. The third-order valence-corrected chi connectivity index (χ3v) is 7.62. The number of carbonyl (C=O) groups excluding carboxylic acids is 1. The van der Waals surface area contributed by atoms with Crippen LogP contribution in [-0.2, 0) is 4.79 Å². The Labute approximate surface area is 203 Å². The van der Waals surface area contributed by atoms with Gasteiger partial charge in [0.15, 0.2) is 0 Å². The minimum absolute atomic E-state index is 0.0244. The van der Waals surface area contributed by atoms with E-state index < -0.39 is 0 Å². The molecule has 0 bridgehead atoms. The number of rotatable bonds is 5. The van der Waals surface area contributed by atoms with Gasteiger partial charge in [-0.15, -0.1) is 0 Å². The Hall–Kier alpha value is -3.75. The topological polar surface area (TPSA) is 112 Å². The zero-order valence-corrected chi connectivity index (χ0v) is 20.1. The Kier molecular flexibility index (Phi) is 5.27. The number of hydrogen-bond donors (Lipinski definition) is 3. The van der Waals surface area contributed by atoms with Crippen molar-refractivity contribution >= 4 is 39.7 Å². The van der Waals surface area contributed by atoms with Crippen LogP contribution in [0.1, 0.15) is 45.4 Å². The van der Waals surface area contributed by atoms with Gasteiger partial charge >= 0.3 is 0 Å². The summed E-state index contributed by atoms with van der Waals surface area (Å²) in [7, 11) is 1.87. The molecule has 1 aliphatic heterocycles. The predicted molar refractivity (Wildman–Crippen MR) is 137 cm³/mol. The normalized spacial score (nSPS) is 22.7. The number of nitrogens with one attached hydrogen (secondary N) is 3. The largest absolute Gasteiger partial charge is 0.372 e. The summed E-state index contributed by atoms with van der Waals surface area (Å²) in [6.07, 6.45) is 9.36. The van der Waals surface area contributed by atoms with Gasteiger partial charge in [-0.3, -0.25) is 9.78 Å². The molecule has 4 aromatic rings. The van der Waals surface area contributed by atoms with Crippen LogP contribution in [-0.4, -0.2) is 60.9 Å². The third-order valence-electron chi connectivity index (χ3n) is 7.62. The van der Waals surface area contributed by atoms with Gasteiger partial charge in [-0.25, -0.2) is 4.98 Å². The second kappa shape index (κ2) is 8.48. The zero-order valence-electron chi connectivity index (χ0n) is 20.1. The summed E-state index contributed by atoms with van der Waals surface area (Å²) in [6, 6.07) is 8.11. The SMILES string of the molecule is CNc1nc(N[C@H]2CC[C@@](C)(N3CCCC3=O)CC2)nc2[nH]cc(-c3ccc4ncccc4n3)c12. The predicted octanol–water partition coefficient (Wildman–Crippen LogP) is 4.35. The van der Waals surface area contributed by atoms with E-state index in [0.29, 0.717) is 18.3 Å². The molecule has 9 nitrogen and oxygen atoms in total. The van der Waals surface area contributed by atoms with Crippen LogP contribution >= 0.6 is 0 Å². The van der Waals surface area contributed by atoms with Gasteiger partial charge in [0.1, 0.15) is 11.5 Å². The minimum atomic E-state index is -0.0244. The van der Waals surface area contributed by atoms with Gasteiger partial charge in [-0.1, -0.05) is 0 Å². The van der Waals surface area contributed by atoms with Gasteiger partial charge in [0.05, 0.1) is 22.1 Å². The molecule has 0 atom stereocenters. The van der Waals surface area contributed by atoms with Crippen molar-refractivity contribution in [3.05, 3.63) is 36.7 Å². The Bertz CT molecular complexity index is 1410. The highest BCUT2D eigenvalue weighted by molar-refractivity contribution is 6.01. The van der Waals surface area contributed by atoms with E-state index in [9.17, 15) is 4.79 Å². The van der Waals surface area contributed by atoms with Gasteiger partial charge in [0.25, 0.3) is 0 Å². The molecule has 9 heteroatoms. The number of fused-ring (bicyclic) bond motifs is 2. The molecule has 180 valence electrons.